The molecule has 0 aliphatic rings. The number of carbonyl (C=O) groups excluding carboxylic acids is 3. The van der Waals surface area contributed by atoms with Gasteiger partial charge in [-0.05, 0) is 54.8 Å². The molecule has 16 heteroatoms. The SMILES string of the molecule is Cc1ncn(C)c(=O)c1-c1ccc(C[C@H](NC(=O)c2cc(F)c(NS(=O)(=O)c3ccc(NC(=O)C(C)(C)C)cc3)cc2F)C(=O)OCC(C)C)cn1. The molecule has 2 heterocycles. The van der Waals surface area contributed by atoms with Gasteiger partial charge in [-0.3, -0.25) is 24.1 Å². The molecule has 3 N–H and O–H groups in total. The zero-order valence-corrected chi connectivity index (χ0v) is 30.5. The van der Waals surface area contributed by atoms with Crippen LogP contribution in [0, 0.1) is 29.9 Å². The van der Waals surface area contributed by atoms with Crippen LogP contribution in [0.3, 0.4) is 0 Å². The van der Waals surface area contributed by atoms with Crippen LogP contribution < -0.4 is 20.9 Å². The van der Waals surface area contributed by atoms with Crippen molar-refractivity contribution in [3.63, 3.8) is 0 Å². The fourth-order valence-corrected chi connectivity index (χ4v) is 5.72. The van der Waals surface area contributed by atoms with Crippen molar-refractivity contribution in [2.24, 2.45) is 18.4 Å². The zero-order chi connectivity index (χ0) is 38.5. The Kier molecular flexibility index (Phi) is 11.9. The second kappa shape index (κ2) is 15.8. The van der Waals surface area contributed by atoms with Gasteiger partial charge < -0.3 is 19.9 Å². The van der Waals surface area contributed by atoms with E-state index in [0.717, 1.165) is 0 Å². The minimum absolute atomic E-state index is 0.0259. The van der Waals surface area contributed by atoms with Crippen molar-refractivity contribution < 1.29 is 36.3 Å². The number of benzene rings is 2. The van der Waals surface area contributed by atoms with E-state index in [-0.39, 0.29) is 35.3 Å². The van der Waals surface area contributed by atoms with Gasteiger partial charge in [-0.2, -0.15) is 0 Å². The highest BCUT2D eigenvalue weighted by atomic mass is 32.2. The molecule has 52 heavy (non-hydrogen) atoms. The maximum Gasteiger partial charge on any atom is 0.329 e. The van der Waals surface area contributed by atoms with Crippen LogP contribution in [-0.2, 0) is 37.8 Å². The second-order valence-electron chi connectivity index (χ2n) is 13.6. The predicted molar refractivity (Wildman–Crippen MR) is 190 cm³/mol. The Labute approximate surface area is 299 Å². The van der Waals surface area contributed by atoms with E-state index in [1.54, 1.807) is 46.9 Å². The van der Waals surface area contributed by atoms with Gasteiger partial charge >= 0.3 is 5.97 Å². The molecule has 2 amide bonds. The molecule has 0 radical (unpaired) electrons. The lowest BCUT2D eigenvalue weighted by Gasteiger charge is -2.19. The Bertz CT molecular complexity index is 2150. The smallest absolute Gasteiger partial charge is 0.329 e. The van der Waals surface area contributed by atoms with Crippen molar-refractivity contribution in [3.05, 3.63) is 99.9 Å². The minimum Gasteiger partial charge on any atom is -0.464 e. The van der Waals surface area contributed by atoms with Crippen LogP contribution in [-0.4, -0.2) is 53.4 Å². The fourth-order valence-electron chi connectivity index (χ4n) is 4.66. The van der Waals surface area contributed by atoms with Crippen molar-refractivity contribution in [3.8, 4) is 11.3 Å². The number of esters is 1. The molecule has 4 aromatic rings. The van der Waals surface area contributed by atoms with E-state index in [4.69, 9.17) is 4.74 Å². The van der Waals surface area contributed by atoms with Gasteiger partial charge in [0, 0.05) is 36.8 Å². The molecule has 4 rings (SSSR count). The first-order valence-corrected chi connectivity index (χ1v) is 17.6. The van der Waals surface area contributed by atoms with Gasteiger partial charge in [-0.15, -0.1) is 0 Å². The first-order chi connectivity index (χ1) is 24.3. The summed E-state index contributed by atoms with van der Waals surface area (Å²) in [4.78, 5) is 59.4. The highest BCUT2D eigenvalue weighted by Gasteiger charge is 2.27. The van der Waals surface area contributed by atoms with Crippen molar-refractivity contribution in [2.75, 3.05) is 16.6 Å². The van der Waals surface area contributed by atoms with Gasteiger partial charge in [0.15, 0.2) is 0 Å². The molecule has 0 bridgehead atoms. The summed E-state index contributed by atoms with van der Waals surface area (Å²) in [5, 5.41) is 5.04. The number of nitrogens with zero attached hydrogens (tertiary/aromatic N) is 3. The van der Waals surface area contributed by atoms with E-state index in [1.807, 2.05) is 18.6 Å². The molecule has 2 aromatic carbocycles. The van der Waals surface area contributed by atoms with E-state index < -0.39 is 56.2 Å². The van der Waals surface area contributed by atoms with Crippen LogP contribution in [0.15, 0.2) is 70.7 Å². The highest BCUT2D eigenvalue weighted by Crippen LogP contribution is 2.25. The molecule has 0 aliphatic carbocycles. The fraction of sp³-hybridized carbons (Fsp3) is 0.333. The third-order valence-electron chi connectivity index (χ3n) is 7.64. The molecule has 0 unspecified atom stereocenters. The summed E-state index contributed by atoms with van der Waals surface area (Å²) in [5.74, 6) is -4.87. The molecule has 0 fully saturated rings. The summed E-state index contributed by atoms with van der Waals surface area (Å²) < 4.78 is 65.1. The van der Waals surface area contributed by atoms with E-state index in [9.17, 15) is 27.6 Å². The van der Waals surface area contributed by atoms with Crippen molar-refractivity contribution in [1.82, 2.24) is 19.9 Å². The van der Waals surface area contributed by atoms with Gasteiger partial charge in [-0.1, -0.05) is 40.7 Å². The Hall–Kier alpha value is -5.51. The Morgan fingerprint density at radius 3 is 2.25 bits per heavy atom. The summed E-state index contributed by atoms with van der Waals surface area (Å²) in [5.41, 5.74) is -0.672. The molecule has 0 saturated carbocycles. The van der Waals surface area contributed by atoms with E-state index >= 15 is 8.78 Å². The molecular formula is C36H40F2N6O7S. The number of sulfonamides is 1. The topological polar surface area (TPSA) is 178 Å². The average Bonchev–Trinajstić information content (AvgIpc) is 3.07. The number of nitrogens with one attached hydrogen (secondary N) is 3. The van der Waals surface area contributed by atoms with Gasteiger partial charge in [0.05, 0.1) is 46.0 Å². The number of rotatable bonds is 12. The number of ether oxygens (including phenoxy) is 1. The van der Waals surface area contributed by atoms with Crippen LogP contribution in [0.2, 0.25) is 0 Å². The third kappa shape index (κ3) is 9.63. The normalized spacial score (nSPS) is 12.3. The predicted octanol–water partition coefficient (Wildman–Crippen LogP) is 4.75. The molecule has 2 aromatic heterocycles. The van der Waals surface area contributed by atoms with Crippen LogP contribution in [0.1, 0.15) is 56.2 Å². The maximum atomic E-state index is 15.3. The number of hydrogen-bond donors (Lipinski definition) is 3. The van der Waals surface area contributed by atoms with E-state index in [0.29, 0.717) is 40.3 Å². The number of carbonyl (C=O) groups is 3. The Balaban J connectivity index is 1.53. The molecular weight excluding hydrogens is 698 g/mol. The molecule has 1 atom stereocenters. The summed E-state index contributed by atoms with van der Waals surface area (Å²) in [6.07, 6.45) is 2.65. The summed E-state index contributed by atoms with van der Waals surface area (Å²) >= 11 is 0. The quantitative estimate of drug-likeness (QED) is 0.173. The number of hydrogen-bond acceptors (Lipinski definition) is 9. The van der Waals surface area contributed by atoms with Crippen molar-refractivity contribution in [1.29, 1.82) is 0 Å². The molecule has 276 valence electrons. The summed E-state index contributed by atoms with van der Waals surface area (Å²) in [6.45, 7) is 10.4. The van der Waals surface area contributed by atoms with Crippen LogP contribution in [0.5, 0.6) is 0 Å². The van der Waals surface area contributed by atoms with E-state index in [2.05, 4.69) is 20.6 Å². The molecule has 0 aliphatic heterocycles. The first kappa shape index (κ1) is 39.3. The monoisotopic (exact) mass is 738 g/mol. The van der Waals surface area contributed by atoms with Gasteiger partial charge in [-0.25, -0.2) is 27.0 Å². The lowest BCUT2D eigenvalue weighted by Crippen LogP contribution is -2.44. The third-order valence-corrected chi connectivity index (χ3v) is 9.02. The van der Waals surface area contributed by atoms with E-state index in [1.165, 1.54) is 41.4 Å². The van der Waals surface area contributed by atoms with Crippen molar-refractivity contribution >= 4 is 39.2 Å². The highest BCUT2D eigenvalue weighted by molar-refractivity contribution is 7.92. The van der Waals surface area contributed by atoms with Crippen molar-refractivity contribution in [2.45, 2.75) is 58.9 Å². The standard InChI is InChI=1S/C36H40F2N6O7S/c1-20(2)18-51-34(47)30(14-22-8-13-28(39-17-22)31-21(3)40-19-44(7)33(31)46)42-32(45)25-15-27(38)29(16-26(25)37)43-52(49,50)24-11-9-23(10-12-24)41-35(48)36(4,5)6/h8-13,15-17,19-20,30,43H,14,18H2,1-7H3,(H,41,48)(H,42,45)/t30-/m0/s1. The Morgan fingerprint density at radius 1 is 0.981 bits per heavy atom. The number of aromatic nitrogens is 3. The van der Waals surface area contributed by atoms with Crippen LogP contribution >= 0.6 is 0 Å². The van der Waals surface area contributed by atoms with Crippen LogP contribution in [0.25, 0.3) is 11.3 Å². The molecule has 0 saturated heterocycles. The first-order valence-electron chi connectivity index (χ1n) is 16.1. The number of anilines is 2. The number of aryl methyl sites for hydroxylation is 2. The Morgan fingerprint density at radius 2 is 1.65 bits per heavy atom. The maximum absolute atomic E-state index is 15.3. The average molecular weight is 739 g/mol. The van der Waals surface area contributed by atoms with Gasteiger partial charge in [0.1, 0.15) is 17.7 Å². The number of pyridine rings is 1. The summed E-state index contributed by atoms with van der Waals surface area (Å²) in [6, 6.07) is 7.88. The van der Waals surface area contributed by atoms with Gasteiger partial charge in [0.2, 0.25) is 5.91 Å². The largest absolute Gasteiger partial charge is 0.464 e. The van der Waals surface area contributed by atoms with Gasteiger partial charge in [0.25, 0.3) is 21.5 Å². The number of amides is 2. The zero-order valence-electron chi connectivity index (χ0n) is 29.7. The lowest BCUT2D eigenvalue weighted by atomic mass is 9.95. The molecule has 0 spiro atoms. The lowest BCUT2D eigenvalue weighted by molar-refractivity contribution is -0.147. The number of halogens is 2. The minimum atomic E-state index is -4.42. The molecule has 13 nitrogen and oxygen atoms in total. The summed E-state index contributed by atoms with van der Waals surface area (Å²) in [7, 11) is -2.87. The van der Waals surface area contributed by atoms with Crippen LogP contribution in [0.4, 0.5) is 20.2 Å². The second-order valence-corrected chi connectivity index (χ2v) is 15.3.